The molecule has 0 spiro atoms. The molecule has 0 aliphatic rings. The van der Waals surface area contributed by atoms with Gasteiger partial charge in [0.15, 0.2) is 0 Å². The molecule has 1 aromatic carbocycles. The molecule has 2 rings (SSSR count). The molecule has 0 aliphatic carbocycles. The quantitative estimate of drug-likeness (QED) is 0.844. The van der Waals surface area contributed by atoms with Gasteiger partial charge in [0.1, 0.15) is 6.04 Å². The maximum Gasteiger partial charge on any atom is 0.252 e. The minimum Gasteiger partial charge on any atom is -0.361 e. The zero-order chi connectivity index (χ0) is 12.3. The molecule has 1 heterocycles. The van der Waals surface area contributed by atoms with Crippen molar-refractivity contribution in [2.45, 2.75) is 19.4 Å². The van der Waals surface area contributed by atoms with Crippen LogP contribution in [0.2, 0.25) is 0 Å². The highest BCUT2D eigenvalue weighted by Crippen LogP contribution is 2.14. The van der Waals surface area contributed by atoms with Crippen molar-refractivity contribution in [1.29, 1.82) is 5.26 Å². The van der Waals surface area contributed by atoms with Gasteiger partial charge in [0.05, 0.1) is 6.07 Å². The predicted molar refractivity (Wildman–Crippen MR) is 65.5 cm³/mol. The third-order valence-corrected chi connectivity index (χ3v) is 2.69. The van der Waals surface area contributed by atoms with Gasteiger partial charge in [0, 0.05) is 17.3 Å². The highest BCUT2D eigenvalue weighted by molar-refractivity contribution is 5.98. The highest BCUT2D eigenvalue weighted by atomic mass is 16.1. The van der Waals surface area contributed by atoms with Crippen LogP contribution in [-0.2, 0) is 0 Å². The molecule has 86 valence electrons. The summed E-state index contributed by atoms with van der Waals surface area (Å²) in [5.74, 6) is -0.213. The zero-order valence-electron chi connectivity index (χ0n) is 9.53. The van der Waals surface area contributed by atoms with Gasteiger partial charge in [0.25, 0.3) is 5.91 Å². The molecule has 2 aromatic rings. The third kappa shape index (κ3) is 2.28. The number of nitriles is 1. The number of nitrogens with zero attached hydrogens (tertiary/aromatic N) is 1. The van der Waals surface area contributed by atoms with Crippen LogP contribution in [0.3, 0.4) is 0 Å². The fourth-order valence-electron chi connectivity index (χ4n) is 1.66. The van der Waals surface area contributed by atoms with Gasteiger partial charge in [0.2, 0.25) is 0 Å². The number of carbonyl (C=O) groups is 1. The number of aromatic amines is 1. The summed E-state index contributed by atoms with van der Waals surface area (Å²) in [6.07, 6.45) is 2.43. The van der Waals surface area contributed by atoms with Crippen molar-refractivity contribution in [2.24, 2.45) is 0 Å². The van der Waals surface area contributed by atoms with Gasteiger partial charge in [-0.05, 0) is 30.0 Å². The molecule has 17 heavy (non-hydrogen) atoms. The van der Waals surface area contributed by atoms with Crippen molar-refractivity contribution in [3.63, 3.8) is 0 Å². The Hall–Kier alpha value is -2.28. The van der Waals surface area contributed by atoms with Crippen LogP contribution in [0.1, 0.15) is 23.7 Å². The van der Waals surface area contributed by atoms with Crippen LogP contribution in [0.15, 0.2) is 30.5 Å². The van der Waals surface area contributed by atoms with Crippen molar-refractivity contribution >= 4 is 16.8 Å². The summed E-state index contributed by atoms with van der Waals surface area (Å²) in [6, 6.07) is 8.99. The summed E-state index contributed by atoms with van der Waals surface area (Å²) >= 11 is 0. The number of H-pyrrole nitrogens is 1. The molecular formula is C13H13N3O. The maximum atomic E-state index is 11.9. The second kappa shape index (κ2) is 4.71. The van der Waals surface area contributed by atoms with E-state index in [0.29, 0.717) is 12.0 Å². The lowest BCUT2D eigenvalue weighted by molar-refractivity contribution is 0.0945. The third-order valence-electron chi connectivity index (χ3n) is 2.69. The zero-order valence-corrected chi connectivity index (χ0v) is 9.53. The van der Waals surface area contributed by atoms with E-state index >= 15 is 0 Å². The Bertz CT molecular complexity index is 580. The fourth-order valence-corrected chi connectivity index (χ4v) is 1.66. The number of benzene rings is 1. The van der Waals surface area contributed by atoms with Gasteiger partial charge in [-0.1, -0.05) is 13.0 Å². The number of hydrogen-bond acceptors (Lipinski definition) is 2. The van der Waals surface area contributed by atoms with Crippen LogP contribution >= 0.6 is 0 Å². The van der Waals surface area contributed by atoms with E-state index in [1.54, 1.807) is 12.1 Å². The van der Waals surface area contributed by atoms with Crippen LogP contribution in [0.4, 0.5) is 0 Å². The Morgan fingerprint density at radius 2 is 2.35 bits per heavy atom. The second-order valence-electron chi connectivity index (χ2n) is 3.84. The summed E-state index contributed by atoms with van der Waals surface area (Å²) in [4.78, 5) is 14.9. The average molecular weight is 227 g/mol. The summed E-state index contributed by atoms with van der Waals surface area (Å²) < 4.78 is 0. The van der Waals surface area contributed by atoms with Gasteiger partial charge < -0.3 is 10.3 Å². The Morgan fingerprint density at radius 1 is 1.53 bits per heavy atom. The molecule has 0 bridgehead atoms. The van der Waals surface area contributed by atoms with Gasteiger partial charge in [-0.25, -0.2) is 0 Å². The summed E-state index contributed by atoms with van der Waals surface area (Å²) in [5, 5.41) is 12.5. The molecule has 0 saturated heterocycles. The van der Waals surface area contributed by atoms with E-state index in [-0.39, 0.29) is 5.91 Å². The standard InChI is InChI=1S/C13H13N3O/c1-2-11(8-14)16-13(17)10-4-3-9-5-6-15-12(9)7-10/h3-7,11,15H,2H2,1H3,(H,16,17)/t11-/m1/s1. The van der Waals surface area contributed by atoms with Gasteiger partial charge in [-0.3, -0.25) is 4.79 Å². The van der Waals surface area contributed by atoms with Crippen LogP contribution in [0.5, 0.6) is 0 Å². The Kier molecular flexibility index (Phi) is 3.10. The fraction of sp³-hybridized carbons (Fsp3) is 0.231. The van der Waals surface area contributed by atoms with E-state index in [2.05, 4.69) is 10.3 Å². The predicted octanol–water partition coefficient (Wildman–Crippen LogP) is 2.20. The van der Waals surface area contributed by atoms with Crippen LogP contribution < -0.4 is 5.32 Å². The summed E-state index contributed by atoms with van der Waals surface area (Å²) in [6.45, 7) is 1.86. The number of fused-ring (bicyclic) bond motifs is 1. The van der Waals surface area contributed by atoms with Crippen LogP contribution in [0.25, 0.3) is 10.9 Å². The molecule has 0 fully saturated rings. The SMILES string of the molecule is CC[C@H](C#N)NC(=O)c1ccc2cc[nH]c2c1. The minimum atomic E-state index is -0.429. The lowest BCUT2D eigenvalue weighted by Gasteiger charge is -2.08. The largest absolute Gasteiger partial charge is 0.361 e. The first-order valence-corrected chi connectivity index (χ1v) is 5.52. The van der Waals surface area contributed by atoms with E-state index in [0.717, 1.165) is 10.9 Å². The number of amides is 1. The first kappa shape index (κ1) is 11.2. The van der Waals surface area contributed by atoms with Crippen molar-refractivity contribution in [2.75, 3.05) is 0 Å². The smallest absolute Gasteiger partial charge is 0.252 e. The van der Waals surface area contributed by atoms with Crippen LogP contribution in [-0.4, -0.2) is 16.9 Å². The van der Waals surface area contributed by atoms with Gasteiger partial charge >= 0.3 is 0 Å². The molecule has 1 amide bonds. The molecule has 1 atom stereocenters. The number of aromatic nitrogens is 1. The molecule has 1 aromatic heterocycles. The molecule has 4 heteroatoms. The van der Waals surface area contributed by atoms with E-state index in [1.165, 1.54) is 0 Å². The van der Waals surface area contributed by atoms with E-state index in [4.69, 9.17) is 5.26 Å². The van der Waals surface area contributed by atoms with Crippen molar-refractivity contribution in [3.8, 4) is 6.07 Å². The van der Waals surface area contributed by atoms with Gasteiger partial charge in [-0.2, -0.15) is 5.26 Å². The molecule has 4 nitrogen and oxygen atoms in total. The van der Waals surface area contributed by atoms with Gasteiger partial charge in [-0.15, -0.1) is 0 Å². The maximum absolute atomic E-state index is 11.9. The molecule has 0 aliphatic heterocycles. The summed E-state index contributed by atoms with van der Waals surface area (Å²) in [5.41, 5.74) is 1.48. The minimum absolute atomic E-state index is 0.213. The lowest BCUT2D eigenvalue weighted by Crippen LogP contribution is -2.33. The van der Waals surface area contributed by atoms with E-state index < -0.39 is 6.04 Å². The highest BCUT2D eigenvalue weighted by Gasteiger charge is 2.11. The average Bonchev–Trinajstić information content (AvgIpc) is 2.82. The molecule has 0 saturated carbocycles. The van der Waals surface area contributed by atoms with Crippen LogP contribution in [0, 0.1) is 11.3 Å². The van der Waals surface area contributed by atoms with E-state index in [1.807, 2.05) is 31.3 Å². The molecule has 0 radical (unpaired) electrons. The van der Waals surface area contributed by atoms with Crippen molar-refractivity contribution in [1.82, 2.24) is 10.3 Å². The number of carbonyl (C=O) groups excluding carboxylic acids is 1. The second-order valence-corrected chi connectivity index (χ2v) is 3.84. The lowest BCUT2D eigenvalue weighted by atomic mass is 10.1. The Morgan fingerprint density at radius 3 is 3.06 bits per heavy atom. The molecular weight excluding hydrogens is 214 g/mol. The molecule has 0 unspecified atom stereocenters. The van der Waals surface area contributed by atoms with E-state index in [9.17, 15) is 4.79 Å². The van der Waals surface area contributed by atoms with Crippen molar-refractivity contribution < 1.29 is 4.79 Å². The number of rotatable bonds is 3. The number of nitrogens with one attached hydrogen (secondary N) is 2. The normalized spacial score (nSPS) is 12.0. The number of hydrogen-bond donors (Lipinski definition) is 2. The molecule has 2 N–H and O–H groups in total. The first-order chi connectivity index (χ1) is 8.24. The monoisotopic (exact) mass is 227 g/mol. The first-order valence-electron chi connectivity index (χ1n) is 5.52. The summed E-state index contributed by atoms with van der Waals surface area (Å²) in [7, 11) is 0. The van der Waals surface area contributed by atoms with Crippen molar-refractivity contribution in [3.05, 3.63) is 36.0 Å². The Labute approximate surface area is 99.3 Å². The Balaban J connectivity index is 2.21. The topological polar surface area (TPSA) is 68.7 Å².